The van der Waals surface area contributed by atoms with Crippen LogP contribution in [0.25, 0.3) is 0 Å². The van der Waals surface area contributed by atoms with Crippen molar-refractivity contribution in [1.29, 1.82) is 0 Å². The highest BCUT2D eigenvalue weighted by Crippen LogP contribution is 2.27. The minimum Gasteiger partial charge on any atom is -0.352 e. The maximum Gasteiger partial charge on any atom is 0.264 e. The fraction of sp³-hybridized carbons (Fsp3) is 0.316. The van der Waals surface area contributed by atoms with E-state index in [0.29, 0.717) is 5.69 Å². The lowest BCUT2D eigenvalue weighted by molar-refractivity contribution is -0.140. The van der Waals surface area contributed by atoms with Gasteiger partial charge in [-0.15, -0.1) is 0 Å². The summed E-state index contributed by atoms with van der Waals surface area (Å²) < 4.78 is 29.5. The van der Waals surface area contributed by atoms with Crippen molar-refractivity contribution in [2.75, 3.05) is 10.8 Å². The first kappa shape index (κ1) is 34.4. The fourth-order valence-electron chi connectivity index (χ4n) is 5.16. The van der Waals surface area contributed by atoms with Crippen LogP contribution in [-0.4, -0.2) is 43.8 Å². The van der Waals surface area contributed by atoms with Crippen LogP contribution in [0.15, 0.2) is 114 Å². The Morgan fingerprint density at radius 3 is 1.91 bits per heavy atom. The predicted molar refractivity (Wildman–Crippen MR) is 185 cm³/mol. The third kappa shape index (κ3) is 8.85. The standard InChI is InChI=1S/C38H45N3O4S/c1-6-30(5)39-38(43)36(25-31-13-9-7-10-14-31)40(26-32-19-17-29(4)18-20-32)37(42)27-41(34-23-21-33(22-24-34)28(2)3)46(44,45)35-15-11-8-12-16-35/h7-24,28,30,36H,6,25-27H2,1-5H3,(H,39,43)/t30-,36+/m0/s1. The number of nitrogens with zero attached hydrogens (tertiary/aromatic N) is 2. The minimum atomic E-state index is -4.14. The topological polar surface area (TPSA) is 86.8 Å². The van der Waals surface area contributed by atoms with Crippen molar-refractivity contribution < 1.29 is 18.0 Å². The van der Waals surface area contributed by atoms with Gasteiger partial charge in [-0.2, -0.15) is 0 Å². The van der Waals surface area contributed by atoms with Gasteiger partial charge in [0.2, 0.25) is 11.8 Å². The molecule has 4 aromatic rings. The van der Waals surface area contributed by atoms with Crippen molar-refractivity contribution in [1.82, 2.24) is 10.2 Å². The van der Waals surface area contributed by atoms with E-state index in [9.17, 15) is 18.0 Å². The highest BCUT2D eigenvalue weighted by molar-refractivity contribution is 7.92. The molecule has 0 heterocycles. The van der Waals surface area contributed by atoms with E-state index < -0.39 is 28.5 Å². The second kappa shape index (κ2) is 15.7. The van der Waals surface area contributed by atoms with E-state index in [2.05, 4.69) is 19.2 Å². The number of carbonyl (C=O) groups is 2. The van der Waals surface area contributed by atoms with Gasteiger partial charge in [-0.25, -0.2) is 8.42 Å². The molecule has 0 bridgehead atoms. The molecule has 2 amide bonds. The molecule has 4 aromatic carbocycles. The van der Waals surface area contributed by atoms with Gasteiger partial charge < -0.3 is 10.2 Å². The number of hydrogen-bond acceptors (Lipinski definition) is 4. The van der Waals surface area contributed by atoms with Crippen molar-refractivity contribution in [3.63, 3.8) is 0 Å². The molecular weight excluding hydrogens is 595 g/mol. The molecule has 0 saturated carbocycles. The van der Waals surface area contributed by atoms with Crippen molar-refractivity contribution in [3.8, 4) is 0 Å². The molecule has 0 aliphatic rings. The van der Waals surface area contributed by atoms with Crippen LogP contribution in [-0.2, 0) is 32.6 Å². The number of rotatable bonds is 14. The first-order valence-corrected chi connectivity index (χ1v) is 17.3. The highest BCUT2D eigenvalue weighted by atomic mass is 32.2. The molecule has 0 unspecified atom stereocenters. The Hall–Kier alpha value is -4.43. The molecule has 46 heavy (non-hydrogen) atoms. The number of sulfonamides is 1. The van der Waals surface area contributed by atoms with Gasteiger partial charge in [-0.05, 0) is 67.1 Å². The summed E-state index contributed by atoms with van der Waals surface area (Å²) in [6.45, 7) is 9.69. The lowest BCUT2D eigenvalue weighted by Crippen LogP contribution is -2.54. The SMILES string of the molecule is CC[C@H](C)NC(=O)[C@@H](Cc1ccccc1)N(Cc1ccc(C)cc1)C(=O)CN(c1ccc(C(C)C)cc1)S(=O)(=O)c1ccccc1. The van der Waals surface area contributed by atoms with Crippen molar-refractivity contribution in [3.05, 3.63) is 131 Å². The van der Waals surface area contributed by atoms with Crippen LogP contribution < -0.4 is 9.62 Å². The minimum absolute atomic E-state index is 0.0798. The van der Waals surface area contributed by atoms with E-state index in [4.69, 9.17) is 0 Å². The number of hydrogen-bond donors (Lipinski definition) is 1. The summed E-state index contributed by atoms with van der Waals surface area (Å²) >= 11 is 0. The average Bonchev–Trinajstić information content (AvgIpc) is 3.06. The number of amides is 2. The van der Waals surface area contributed by atoms with E-state index in [1.54, 1.807) is 30.3 Å². The number of aryl methyl sites for hydroxylation is 1. The predicted octanol–water partition coefficient (Wildman–Crippen LogP) is 6.87. The molecule has 0 aromatic heterocycles. The van der Waals surface area contributed by atoms with Crippen molar-refractivity contribution in [2.45, 2.75) is 76.9 Å². The van der Waals surface area contributed by atoms with Gasteiger partial charge in [-0.3, -0.25) is 13.9 Å². The normalized spacial score (nSPS) is 12.7. The molecule has 7 nitrogen and oxygen atoms in total. The number of benzene rings is 4. The molecule has 0 saturated heterocycles. The third-order valence-corrected chi connectivity index (χ3v) is 9.99. The molecule has 8 heteroatoms. The van der Waals surface area contributed by atoms with Crippen LogP contribution in [0.4, 0.5) is 5.69 Å². The highest BCUT2D eigenvalue weighted by Gasteiger charge is 2.35. The smallest absolute Gasteiger partial charge is 0.264 e. The Morgan fingerprint density at radius 1 is 0.761 bits per heavy atom. The lowest BCUT2D eigenvalue weighted by Gasteiger charge is -2.34. The zero-order chi connectivity index (χ0) is 33.3. The maximum absolute atomic E-state index is 14.6. The van der Waals surface area contributed by atoms with Crippen LogP contribution in [0.5, 0.6) is 0 Å². The van der Waals surface area contributed by atoms with Crippen LogP contribution in [0.2, 0.25) is 0 Å². The lowest BCUT2D eigenvalue weighted by atomic mass is 10.0. The number of nitrogens with one attached hydrogen (secondary N) is 1. The first-order chi connectivity index (χ1) is 22.0. The van der Waals surface area contributed by atoms with Gasteiger partial charge in [0.1, 0.15) is 12.6 Å². The zero-order valence-corrected chi connectivity index (χ0v) is 28.2. The van der Waals surface area contributed by atoms with Crippen LogP contribution in [0.1, 0.15) is 62.3 Å². The number of carbonyl (C=O) groups excluding carboxylic acids is 2. The zero-order valence-electron chi connectivity index (χ0n) is 27.4. The van der Waals surface area contributed by atoms with Gasteiger partial charge in [0.05, 0.1) is 10.6 Å². The Balaban J connectivity index is 1.80. The van der Waals surface area contributed by atoms with Gasteiger partial charge in [0.25, 0.3) is 10.0 Å². The molecule has 2 atom stereocenters. The van der Waals surface area contributed by atoms with Crippen LogP contribution >= 0.6 is 0 Å². The molecule has 1 N–H and O–H groups in total. The molecule has 242 valence electrons. The summed E-state index contributed by atoms with van der Waals surface area (Å²) in [5, 5.41) is 3.07. The monoisotopic (exact) mass is 639 g/mol. The summed E-state index contributed by atoms with van der Waals surface area (Å²) in [5.74, 6) is -0.506. The van der Waals surface area contributed by atoms with Gasteiger partial charge >= 0.3 is 0 Å². The van der Waals surface area contributed by atoms with E-state index in [0.717, 1.165) is 33.0 Å². The molecule has 0 radical (unpaired) electrons. The second-order valence-corrected chi connectivity index (χ2v) is 14.0. The Morgan fingerprint density at radius 2 is 1.35 bits per heavy atom. The Labute approximate surface area is 274 Å². The summed E-state index contributed by atoms with van der Waals surface area (Å²) in [4.78, 5) is 30.1. The Kier molecular flexibility index (Phi) is 11.8. The molecule has 0 aliphatic carbocycles. The summed E-state index contributed by atoms with van der Waals surface area (Å²) in [6.07, 6.45) is 1.00. The van der Waals surface area contributed by atoms with Crippen LogP contribution in [0, 0.1) is 6.92 Å². The summed E-state index contributed by atoms with van der Waals surface area (Å²) in [6, 6.07) is 31.8. The second-order valence-electron chi connectivity index (χ2n) is 12.1. The van der Waals surface area contributed by atoms with E-state index >= 15 is 0 Å². The van der Waals surface area contributed by atoms with Crippen LogP contribution in [0.3, 0.4) is 0 Å². The molecule has 4 rings (SSSR count). The summed E-state index contributed by atoms with van der Waals surface area (Å²) in [5.41, 5.74) is 4.24. The third-order valence-electron chi connectivity index (χ3n) is 8.20. The quantitative estimate of drug-likeness (QED) is 0.163. The number of anilines is 1. The van der Waals surface area contributed by atoms with E-state index in [1.165, 1.54) is 17.0 Å². The largest absolute Gasteiger partial charge is 0.352 e. The Bertz CT molecular complexity index is 1670. The van der Waals surface area contributed by atoms with Crippen molar-refractivity contribution >= 4 is 27.5 Å². The van der Waals surface area contributed by atoms with E-state index in [1.807, 2.05) is 87.5 Å². The van der Waals surface area contributed by atoms with Gasteiger partial charge in [0, 0.05) is 19.0 Å². The molecule has 0 fully saturated rings. The van der Waals surface area contributed by atoms with E-state index in [-0.39, 0.29) is 35.7 Å². The van der Waals surface area contributed by atoms with Gasteiger partial charge in [0.15, 0.2) is 0 Å². The van der Waals surface area contributed by atoms with Crippen molar-refractivity contribution in [2.24, 2.45) is 0 Å². The molecule has 0 aliphatic heterocycles. The average molecular weight is 640 g/mol. The maximum atomic E-state index is 14.6. The molecule has 0 spiro atoms. The van der Waals surface area contributed by atoms with Gasteiger partial charge in [-0.1, -0.05) is 111 Å². The molecular formula is C38H45N3O4S. The first-order valence-electron chi connectivity index (χ1n) is 15.9. The summed E-state index contributed by atoms with van der Waals surface area (Å²) in [7, 11) is -4.14. The fourth-order valence-corrected chi connectivity index (χ4v) is 6.59.